The first-order valence-corrected chi connectivity index (χ1v) is 6.07. The number of piperazine rings is 1. The molecule has 0 spiro atoms. The largest absolute Gasteiger partial charge is 0.394 e. The van der Waals surface area contributed by atoms with Crippen LogP contribution in [0.5, 0.6) is 0 Å². The van der Waals surface area contributed by atoms with Crippen LogP contribution >= 0.6 is 0 Å². The Morgan fingerprint density at radius 3 is 2.56 bits per heavy atom. The molecule has 5 nitrogen and oxygen atoms in total. The standard InChI is InChI=1S/C13H19N3O2/c1-15-6-7-16(8-13(15)18)11-4-2-10(3-5-11)12(14)9-17/h2-5,12,17H,6-9,14H2,1H3. The summed E-state index contributed by atoms with van der Waals surface area (Å²) in [5.41, 5.74) is 7.66. The number of benzene rings is 1. The molecule has 18 heavy (non-hydrogen) atoms. The smallest absolute Gasteiger partial charge is 0.241 e. The van der Waals surface area contributed by atoms with E-state index in [1.807, 2.05) is 31.3 Å². The molecular weight excluding hydrogens is 230 g/mol. The lowest BCUT2D eigenvalue weighted by Crippen LogP contribution is -2.48. The summed E-state index contributed by atoms with van der Waals surface area (Å²) < 4.78 is 0. The van der Waals surface area contributed by atoms with Gasteiger partial charge in [0.05, 0.1) is 19.2 Å². The molecule has 1 aliphatic rings. The third kappa shape index (κ3) is 2.63. The Morgan fingerprint density at radius 2 is 2.00 bits per heavy atom. The minimum Gasteiger partial charge on any atom is -0.394 e. The fourth-order valence-electron chi connectivity index (χ4n) is 2.02. The average molecular weight is 249 g/mol. The second-order valence-electron chi connectivity index (χ2n) is 4.62. The predicted molar refractivity (Wildman–Crippen MR) is 70.3 cm³/mol. The van der Waals surface area contributed by atoms with Crippen LogP contribution in [-0.2, 0) is 4.79 Å². The Labute approximate surface area is 107 Å². The average Bonchev–Trinajstić information content (AvgIpc) is 2.41. The highest BCUT2D eigenvalue weighted by atomic mass is 16.3. The van der Waals surface area contributed by atoms with Gasteiger partial charge in [-0.15, -0.1) is 0 Å². The van der Waals surface area contributed by atoms with Gasteiger partial charge in [-0.25, -0.2) is 0 Å². The maximum absolute atomic E-state index is 11.6. The predicted octanol–water partition coefficient (Wildman–Crippen LogP) is -0.0429. The van der Waals surface area contributed by atoms with Crippen molar-refractivity contribution in [3.05, 3.63) is 29.8 Å². The first kappa shape index (κ1) is 12.9. The molecule has 1 amide bonds. The van der Waals surface area contributed by atoms with Gasteiger partial charge in [-0.1, -0.05) is 12.1 Å². The molecule has 98 valence electrons. The number of likely N-dealkylation sites (N-methyl/N-ethyl adjacent to an activating group) is 1. The van der Waals surface area contributed by atoms with Crippen LogP contribution < -0.4 is 10.6 Å². The zero-order valence-corrected chi connectivity index (χ0v) is 10.5. The molecular formula is C13H19N3O2. The summed E-state index contributed by atoms with van der Waals surface area (Å²) in [5, 5.41) is 8.98. The fourth-order valence-corrected chi connectivity index (χ4v) is 2.02. The monoisotopic (exact) mass is 249 g/mol. The lowest BCUT2D eigenvalue weighted by molar-refractivity contribution is -0.129. The number of aliphatic hydroxyl groups is 1. The third-order valence-electron chi connectivity index (χ3n) is 3.34. The van der Waals surface area contributed by atoms with E-state index >= 15 is 0 Å². The van der Waals surface area contributed by atoms with Crippen LogP contribution in [0.3, 0.4) is 0 Å². The zero-order chi connectivity index (χ0) is 13.1. The Balaban J connectivity index is 2.08. The molecule has 0 saturated carbocycles. The van der Waals surface area contributed by atoms with Crippen LogP contribution in [0.1, 0.15) is 11.6 Å². The van der Waals surface area contributed by atoms with Gasteiger partial charge >= 0.3 is 0 Å². The summed E-state index contributed by atoms with van der Waals surface area (Å²) in [6, 6.07) is 7.36. The van der Waals surface area contributed by atoms with E-state index in [0.29, 0.717) is 6.54 Å². The maximum atomic E-state index is 11.6. The van der Waals surface area contributed by atoms with Crippen LogP contribution in [0.25, 0.3) is 0 Å². The fraction of sp³-hybridized carbons (Fsp3) is 0.462. The van der Waals surface area contributed by atoms with Crippen LogP contribution in [0.4, 0.5) is 5.69 Å². The summed E-state index contributed by atoms with van der Waals surface area (Å²) in [5.74, 6) is 0.136. The van der Waals surface area contributed by atoms with Crippen molar-refractivity contribution in [2.24, 2.45) is 5.73 Å². The molecule has 1 aromatic carbocycles. The molecule has 3 N–H and O–H groups in total. The van der Waals surface area contributed by atoms with Gasteiger partial charge in [-0.05, 0) is 17.7 Å². The maximum Gasteiger partial charge on any atom is 0.241 e. The number of carbonyl (C=O) groups is 1. The number of hydrogen-bond acceptors (Lipinski definition) is 4. The van der Waals surface area contributed by atoms with E-state index in [0.717, 1.165) is 24.3 Å². The molecule has 0 radical (unpaired) electrons. The van der Waals surface area contributed by atoms with Crippen molar-refractivity contribution in [1.29, 1.82) is 0 Å². The number of hydrogen-bond donors (Lipinski definition) is 2. The Kier molecular flexibility index (Phi) is 3.84. The molecule has 1 saturated heterocycles. The van der Waals surface area contributed by atoms with Crippen LogP contribution in [0.2, 0.25) is 0 Å². The molecule has 0 bridgehead atoms. The molecule has 2 rings (SSSR count). The minimum atomic E-state index is -0.340. The van der Waals surface area contributed by atoms with Crippen molar-refractivity contribution in [3.63, 3.8) is 0 Å². The van der Waals surface area contributed by atoms with Crippen LogP contribution in [0.15, 0.2) is 24.3 Å². The van der Waals surface area contributed by atoms with Gasteiger partial charge in [0, 0.05) is 25.8 Å². The molecule has 0 aliphatic carbocycles. The SMILES string of the molecule is CN1CCN(c2ccc(C(N)CO)cc2)CC1=O. The van der Waals surface area contributed by atoms with Gasteiger partial charge in [0.2, 0.25) is 5.91 Å². The summed E-state index contributed by atoms with van der Waals surface area (Å²) in [6.45, 7) is 1.94. The first-order valence-electron chi connectivity index (χ1n) is 6.07. The topological polar surface area (TPSA) is 69.8 Å². The van der Waals surface area contributed by atoms with E-state index in [9.17, 15) is 4.79 Å². The highest BCUT2D eigenvalue weighted by molar-refractivity contribution is 5.82. The summed E-state index contributed by atoms with van der Waals surface area (Å²) in [7, 11) is 1.82. The second-order valence-corrected chi connectivity index (χ2v) is 4.62. The van der Waals surface area contributed by atoms with Crippen molar-refractivity contribution in [2.75, 3.05) is 38.2 Å². The highest BCUT2D eigenvalue weighted by Gasteiger charge is 2.21. The Bertz CT molecular complexity index is 419. The van der Waals surface area contributed by atoms with Gasteiger partial charge < -0.3 is 20.6 Å². The van der Waals surface area contributed by atoms with Crippen molar-refractivity contribution in [1.82, 2.24) is 4.90 Å². The number of nitrogens with zero attached hydrogens (tertiary/aromatic N) is 2. The first-order chi connectivity index (χ1) is 8.61. The summed E-state index contributed by atoms with van der Waals surface area (Å²) in [6.07, 6.45) is 0. The minimum absolute atomic E-state index is 0.0632. The van der Waals surface area contributed by atoms with Crippen molar-refractivity contribution < 1.29 is 9.90 Å². The number of aliphatic hydroxyl groups excluding tert-OH is 1. The highest BCUT2D eigenvalue weighted by Crippen LogP contribution is 2.19. The molecule has 1 unspecified atom stereocenters. The summed E-state index contributed by atoms with van der Waals surface area (Å²) >= 11 is 0. The second kappa shape index (κ2) is 5.37. The van der Waals surface area contributed by atoms with E-state index in [-0.39, 0.29) is 18.6 Å². The van der Waals surface area contributed by atoms with E-state index < -0.39 is 0 Å². The Hall–Kier alpha value is -1.59. The number of amides is 1. The van der Waals surface area contributed by atoms with Gasteiger partial charge in [0.15, 0.2) is 0 Å². The molecule has 5 heteroatoms. The van der Waals surface area contributed by atoms with E-state index in [1.54, 1.807) is 4.90 Å². The zero-order valence-electron chi connectivity index (χ0n) is 10.5. The van der Waals surface area contributed by atoms with Gasteiger partial charge in [-0.2, -0.15) is 0 Å². The number of carbonyl (C=O) groups excluding carboxylic acids is 1. The van der Waals surface area contributed by atoms with E-state index in [1.165, 1.54) is 0 Å². The Morgan fingerprint density at radius 1 is 1.33 bits per heavy atom. The van der Waals surface area contributed by atoms with Crippen molar-refractivity contribution >= 4 is 11.6 Å². The normalized spacial score (nSPS) is 18.1. The van der Waals surface area contributed by atoms with Gasteiger partial charge in [-0.3, -0.25) is 4.79 Å². The van der Waals surface area contributed by atoms with Gasteiger partial charge in [0.25, 0.3) is 0 Å². The molecule has 1 aliphatic heterocycles. The number of rotatable bonds is 3. The molecule has 1 atom stereocenters. The molecule has 1 fully saturated rings. The molecule has 1 aromatic rings. The lowest BCUT2D eigenvalue weighted by Gasteiger charge is -2.33. The number of nitrogens with two attached hydrogens (primary N) is 1. The molecule has 1 heterocycles. The number of anilines is 1. The van der Waals surface area contributed by atoms with Crippen molar-refractivity contribution in [3.8, 4) is 0 Å². The molecule has 0 aromatic heterocycles. The van der Waals surface area contributed by atoms with E-state index in [2.05, 4.69) is 4.90 Å². The lowest BCUT2D eigenvalue weighted by atomic mass is 10.1. The van der Waals surface area contributed by atoms with E-state index in [4.69, 9.17) is 10.8 Å². The van der Waals surface area contributed by atoms with Crippen LogP contribution in [0, 0.1) is 0 Å². The quantitative estimate of drug-likeness (QED) is 0.788. The van der Waals surface area contributed by atoms with Crippen LogP contribution in [-0.4, -0.2) is 49.2 Å². The third-order valence-corrected chi connectivity index (χ3v) is 3.34. The van der Waals surface area contributed by atoms with Crippen molar-refractivity contribution in [2.45, 2.75) is 6.04 Å². The van der Waals surface area contributed by atoms with Gasteiger partial charge in [0.1, 0.15) is 0 Å². The summed E-state index contributed by atoms with van der Waals surface area (Å²) in [4.78, 5) is 15.4.